The van der Waals surface area contributed by atoms with Gasteiger partial charge in [-0.25, -0.2) is 0 Å². The van der Waals surface area contributed by atoms with E-state index in [2.05, 4.69) is 15.5 Å². The van der Waals surface area contributed by atoms with Crippen LogP contribution in [0.3, 0.4) is 0 Å². The van der Waals surface area contributed by atoms with E-state index in [0.29, 0.717) is 11.6 Å². The van der Waals surface area contributed by atoms with Crippen molar-refractivity contribution >= 4 is 41.0 Å². The zero-order valence-electron chi connectivity index (χ0n) is 12.9. The van der Waals surface area contributed by atoms with Crippen LogP contribution in [-0.4, -0.2) is 38.8 Å². The summed E-state index contributed by atoms with van der Waals surface area (Å²) in [4.78, 5) is 24.5. The molecule has 0 radical (unpaired) electrons. The maximum atomic E-state index is 11.8. The highest BCUT2D eigenvalue weighted by Crippen LogP contribution is 2.19. The number of carbonyl (C=O) groups excluding carboxylic acids is 1. The van der Waals surface area contributed by atoms with Gasteiger partial charge in [-0.2, -0.15) is 4.68 Å². The van der Waals surface area contributed by atoms with Crippen molar-refractivity contribution in [3.63, 3.8) is 0 Å². The van der Waals surface area contributed by atoms with E-state index in [-0.39, 0.29) is 22.5 Å². The Bertz CT molecular complexity index is 767. The molecule has 1 aromatic heterocycles. The molecule has 0 aliphatic heterocycles. The Hall–Kier alpha value is -1.71. The minimum absolute atomic E-state index is 0.111. The van der Waals surface area contributed by atoms with Gasteiger partial charge >= 0.3 is 0 Å². The van der Waals surface area contributed by atoms with Gasteiger partial charge in [-0.05, 0) is 31.2 Å². The van der Waals surface area contributed by atoms with E-state index < -0.39 is 5.56 Å². The van der Waals surface area contributed by atoms with Crippen LogP contribution >= 0.6 is 35.1 Å². The third-order valence-electron chi connectivity index (χ3n) is 2.86. The molecule has 0 aliphatic carbocycles. The standard InChI is InChI=1S/C14H16ClN5O2S2/c1-9-13(22)20(16)14(19-18-9)24-8-12(21)17-6-7-23-11-4-2-10(15)3-5-11/h2-5H,6-8,16H2,1H3,(H,17,21). The molecule has 0 saturated heterocycles. The van der Waals surface area contributed by atoms with Gasteiger partial charge in [0.15, 0.2) is 0 Å². The van der Waals surface area contributed by atoms with Crippen LogP contribution < -0.4 is 16.7 Å². The number of benzene rings is 1. The molecular weight excluding hydrogens is 370 g/mol. The number of nitrogen functional groups attached to an aromatic ring is 1. The highest BCUT2D eigenvalue weighted by Gasteiger charge is 2.10. The van der Waals surface area contributed by atoms with Crippen LogP contribution in [0.25, 0.3) is 0 Å². The summed E-state index contributed by atoms with van der Waals surface area (Å²) in [6, 6.07) is 7.52. The predicted octanol–water partition coefficient (Wildman–Crippen LogP) is 1.31. The SMILES string of the molecule is Cc1nnc(SCC(=O)NCCSc2ccc(Cl)cc2)n(N)c1=O. The second-order valence-corrected chi connectivity index (χ2v) is 7.23. The van der Waals surface area contributed by atoms with Gasteiger partial charge in [0, 0.05) is 22.2 Å². The Labute approximate surface area is 152 Å². The fraction of sp³-hybridized carbons (Fsp3) is 0.286. The molecule has 3 N–H and O–H groups in total. The highest BCUT2D eigenvalue weighted by atomic mass is 35.5. The van der Waals surface area contributed by atoms with Crippen LogP contribution in [0, 0.1) is 6.92 Å². The molecule has 0 aliphatic rings. The molecule has 0 spiro atoms. The molecule has 0 atom stereocenters. The van der Waals surface area contributed by atoms with E-state index >= 15 is 0 Å². The normalized spacial score (nSPS) is 10.6. The minimum atomic E-state index is -0.424. The van der Waals surface area contributed by atoms with Crippen molar-refractivity contribution in [3.05, 3.63) is 45.3 Å². The monoisotopic (exact) mass is 385 g/mol. The molecule has 24 heavy (non-hydrogen) atoms. The Morgan fingerprint density at radius 1 is 1.29 bits per heavy atom. The predicted molar refractivity (Wildman–Crippen MR) is 97.1 cm³/mol. The van der Waals surface area contributed by atoms with Crippen molar-refractivity contribution in [1.82, 2.24) is 20.2 Å². The van der Waals surface area contributed by atoms with E-state index in [1.165, 1.54) is 6.92 Å². The summed E-state index contributed by atoms with van der Waals surface area (Å²) in [6.07, 6.45) is 0. The third-order valence-corrected chi connectivity index (χ3v) is 5.07. The smallest absolute Gasteiger partial charge is 0.294 e. The number of halogens is 1. The number of carbonyl (C=O) groups is 1. The van der Waals surface area contributed by atoms with E-state index in [1.54, 1.807) is 11.8 Å². The topological polar surface area (TPSA) is 103 Å². The third kappa shape index (κ3) is 5.43. The summed E-state index contributed by atoms with van der Waals surface area (Å²) in [7, 11) is 0. The summed E-state index contributed by atoms with van der Waals surface area (Å²) in [6.45, 7) is 2.06. The van der Waals surface area contributed by atoms with Crippen molar-refractivity contribution < 1.29 is 4.79 Å². The number of hydrogen-bond acceptors (Lipinski definition) is 7. The lowest BCUT2D eigenvalue weighted by atomic mass is 10.4. The van der Waals surface area contributed by atoms with Gasteiger partial charge in [0.1, 0.15) is 5.69 Å². The van der Waals surface area contributed by atoms with Gasteiger partial charge in [0.25, 0.3) is 5.56 Å². The van der Waals surface area contributed by atoms with Crippen LogP contribution in [0.4, 0.5) is 0 Å². The average molecular weight is 386 g/mol. The Morgan fingerprint density at radius 2 is 2.00 bits per heavy atom. The van der Waals surface area contributed by atoms with Gasteiger partial charge in [-0.1, -0.05) is 23.4 Å². The molecule has 10 heteroatoms. The zero-order valence-corrected chi connectivity index (χ0v) is 15.2. The van der Waals surface area contributed by atoms with Crippen LogP contribution in [0.1, 0.15) is 5.69 Å². The van der Waals surface area contributed by atoms with Crippen molar-refractivity contribution in [3.8, 4) is 0 Å². The number of thioether (sulfide) groups is 2. The van der Waals surface area contributed by atoms with Gasteiger partial charge in [-0.3, -0.25) is 9.59 Å². The summed E-state index contributed by atoms with van der Waals surface area (Å²) < 4.78 is 0.899. The highest BCUT2D eigenvalue weighted by molar-refractivity contribution is 7.99. The maximum Gasteiger partial charge on any atom is 0.294 e. The molecule has 2 aromatic rings. The largest absolute Gasteiger partial charge is 0.355 e. The molecule has 1 aromatic carbocycles. The number of aryl methyl sites for hydroxylation is 1. The molecule has 0 fully saturated rings. The first-order chi connectivity index (χ1) is 11.5. The molecule has 0 unspecified atom stereocenters. The van der Waals surface area contributed by atoms with Crippen molar-refractivity contribution in [2.45, 2.75) is 17.0 Å². The van der Waals surface area contributed by atoms with Crippen molar-refractivity contribution in [2.75, 3.05) is 23.9 Å². The average Bonchev–Trinajstić information content (AvgIpc) is 2.57. The number of nitrogens with one attached hydrogen (secondary N) is 1. The zero-order chi connectivity index (χ0) is 17.5. The van der Waals surface area contributed by atoms with E-state index in [1.807, 2.05) is 24.3 Å². The first-order valence-electron chi connectivity index (χ1n) is 6.96. The van der Waals surface area contributed by atoms with Crippen LogP contribution in [0.15, 0.2) is 39.1 Å². The Kier molecular flexibility index (Phi) is 6.95. The molecular formula is C14H16ClN5O2S2. The lowest BCUT2D eigenvalue weighted by Gasteiger charge is -2.07. The molecule has 2 rings (SSSR count). The van der Waals surface area contributed by atoms with E-state index in [9.17, 15) is 9.59 Å². The first-order valence-corrected chi connectivity index (χ1v) is 9.31. The number of nitrogens with two attached hydrogens (primary N) is 1. The first kappa shape index (κ1) is 18.6. The fourth-order valence-corrected chi connectivity index (χ4v) is 3.22. The summed E-state index contributed by atoms with van der Waals surface area (Å²) in [5.74, 6) is 6.29. The molecule has 128 valence electrons. The van der Waals surface area contributed by atoms with E-state index in [4.69, 9.17) is 17.4 Å². The van der Waals surface area contributed by atoms with Crippen molar-refractivity contribution in [2.24, 2.45) is 0 Å². The number of hydrogen-bond donors (Lipinski definition) is 2. The molecule has 1 amide bonds. The minimum Gasteiger partial charge on any atom is -0.355 e. The molecule has 0 bridgehead atoms. The quantitative estimate of drug-likeness (QED) is 0.420. The molecule has 7 nitrogen and oxygen atoms in total. The van der Waals surface area contributed by atoms with E-state index in [0.717, 1.165) is 27.1 Å². The maximum absolute atomic E-state index is 11.8. The summed E-state index contributed by atoms with van der Waals surface area (Å²) >= 11 is 8.51. The lowest BCUT2D eigenvalue weighted by molar-refractivity contribution is -0.118. The Morgan fingerprint density at radius 3 is 2.71 bits per heavy atom. The Balaban J connectivity index is 1.71. The van der Waals surface area contributed by atoms with Gasteiger partial charge in [0.2, 0.25) is 11.1 Å². The summed E-state index contributed by atoms with van der Waals surface area (Å²) in [5.41, 5.74) is -0.210. The van der Waals surface area contributed by atoms with Gasteiger partial charge < -0.3 is 11.2 Å². The van der Waals surface area contributed by atoms with Crippen LogP contribution in [0.2, 0.25) is 5.02 Å². The van der Waals surface area contributed by atoms with Crippen LogP contribution in [-0.2, 0) is 4.79 Å². The summed E-state index contributed by atoms with van der Waals surface area (Å²) in [5, 5.41) is 11.2. The van der Waals surface area contributed by atoms with Crippen LogP contribution in [0.5, 0.6) is 0 Å². The second kappa shape index (κ2) is 8.95. The number of amides is 1. The number of aromatic nitrogens is 3. The van der Waals surface area contributed by atoms with Crippen molar-refractivity contribution in [1.29, 1.82) is 0 Å². The van der Waals surface area contributed by atoms with Gasteiger partial charge in [0.05, 0.1) is 5.75 Å². The molecule has 1 heterocycles. The molecule has 0 saturated carbocycles. The lowest BCUT2D eigenvalue weighted by Crippen LogP contribution is -2.33. The second-order valence-electron chi connectivity index (χ2n) is 4.68. The fourth-order valence-electron chi connectivity index (χ4n) is 1.64. The number of nitrogens with zero attached hydrogens (tertiary/aromatic N) is 3. The number of rotatable bonds is 7. The van der Waals surface area contributed by atoms with Gasteiger partial charge in [-0.15, -0.1) is 22.0 Å².